The van der Waals surface area contributed by atoms with Gasteiger partial charge >= 0.3 is 0 Å². The fourth-order valence-electron chi connectivity index (χ4n) is 3.53. The third-order valence-electron chi connectivity index (χ3n) is 4.84. The lowest BCUT2D eigenvalue weighted by Crippen LogP contribution is -2.41. The number of carbonyl (C=O) groups excluding carboxylic acids is 1. The minimum absolute atomic E-state index is 0.194. The van der Waals surface area contributed by atoms with E-state index in [0.717, 1.165) is 57.5 Å². The molecule has 24 heavy (non-hydrogen) atoms. The Morgan fingerprint density at radius 3 is 2.79 bits per heavy atom. The van der Waals surface area contributed by atoms with E-state index in [-0.39, 0.29) is 12.0 Å². The monoisotopic (exact) mass is 327 g/mol. The average molecular weight is 327 g/mol. The van der Waals surface area contributed by atoms with Gasteiger partial charge in [0.25, 0.3) is 0 Å². The standard InChI is InChI=1S/C19H25N3O2/c20-12-16-6-1-2-7-17(16)13-21(14-18-8-5-11-24-18)15-19(23)22-9-3-4-10-22/h1-2,6-7,18H,3-5,8-11,13-15H2/t18-/m0/s1. The van der Waals surface area contributed by atoms with Gasteiger partial charge in [0.2, 0.25) is 5.91 Å². The van der Waals surface area contributed by atoms with E-state index in [1.54, 1.807) is 0 Å². The molecule has 2 saturated heterocycles. The number of nitriles is 1. The molecule has 2 heterocycles. The summed E-state index contributed by atoms with van der Waals surface area (Å²) in [5.74, 6) is 0.194. The Bertz CT molecular complexity index is 599. The van der Waals surface area contributed by atoms with Gasteiger partial charge < -0.3 is 9.64 Å². The molecule has 0 bridgehead atoms. The first-order valence-electron chi connectivity index (χ1n) is 8.86. The first-order valence-corrected chi connectivity index (χ1v) is 8.86. The Balaban J connectivity index is 1.68. The number of hydrogen-bond donors (Lipinski definition) is 0. The summed E-state index contributed by atoms with van der Waals surface area (Å²) in [6.07, 6.45) is 4.55. The zero-order chi connectivity index (χ0) is 16.8. The van der Waals surface area contributed by atoms with E-state index in [1.165, 1.54) is 0 Å². The summed E-state index contributed by atoms with van der Waals surface area (Å²) in [5.41, 5.74) is 1.66. The Morgan fingerprint density at radius 1 is 1.29 bits per heavy atom. The number of nitrogens with zero attached hydrogens (tertiary/aromatic N) is 3. The molecule has 1 amide bonds. The first kappa shape index (κ1) is 16.9. The maximum atomic E-state index is 12.6. The summed E-state index contributed by atoms with van der Waals surface area (Å²) >= 11 is 0. The van der Waals surface area contributed by atoms with Gasteiger partial charge in [-0.2, -0.15) is 5.26 Å². The summed E-state index contributed by atoms with van der Waals surface area (Å²) in [4.78, 5) is 16.7. The van der Waals surface area contributed by atoms with Crippen molar-refractivity contribution in [2.45, 2.75) is 38.3 Å². The molecule has 1 aromatic rings. The molecule has 5 heteroatoms. The van der Waals surface area contributed by atoms with Gasteiger partial charge in [0.15, 0.2) is 0 Å². The van der Waals surface area contributed by atoms with Crippen molar-refractivity contribution in [1.82, 2.24) is 9.80 Å². The SMILES string of the molecule is N#Cc1ccccc1CN(CC(=O)N1CCCC1)C[C@@H]1CCCO1. The van der Waals surface area contributed by atoms with Gasteiger partial charge in [0, 0.05) is 32.8 Å². The van der Waals surface area contributed by atoms with E-state index in [0.29, 0.717) is 18.7 Å². The quantitative estimate of drug-likeness (QED) is 0.803. The molecule has 2 aliphatic rings. The molecular weight excluding hydrogens is 302 g/mol. The van der Waals surface area contributed by atoms with Crippen molar-refractivity contribution in [1.29, 1.82) is 5.26 Å². The molecule has 0 N–H and O–H groups in total. The first-order chi connectivity index (χ1) is 11.8. The Kier molecular flexibility index (Phi) is 5.84. The molecule has 3 rings (SSSR count). The summed E-state index contributed by atoms with van der Waals surface area (Å²) in [5, 5.41) is 9.30. The highest BCUT2D eigenvalue weighted by atomic mass is 16.5. The van der Waals surface area contributed by atoms with E-state index < -0.39 is 0 Å². The predicted molar refractivity (Wildman–Crippen MR) is 91.2 cm³/mol. The van der Waals surface area contributed by atoms with Crippen LogP contribution >= 0.6 is 0 Å². The minimum atomic E-state index is 0.194. The van der Waals surface area contributed by atoms with Gasteiger partial charge in [0.1, 0.15) is 0 Å². The maximum Gasteiger partial charge on any atom is 0.236 e. The molecule has 0 aliphatic carbocycles. The van der Waals surface area contributed by atoms with Gasteiger partial charge in [-0.15, -0.1) is 0 Å². The van der Waals surface area contributed by atoms with Gasteiger partial charge in [-0.05, 0) is 37.3 Å². The lowest BCUT2D eigenvalue weighted by molar-refractivity contribution is -0.131. The molecule has 0 radical (unpaired) electrons. The number of likely N-dealkylation sites (tertiary alicyclic amines) is 1. The summed E-state index contributed by atoms with van der Waals surface area (Å²) in [6, 6.07) is 9.88. The van der Waals surface area contributed by atoms with Crippen molar-refractivity contribution >= 4 is 5.91 Å². The summed E-state index contributed by atoms with van der Waals surface area (Å²) in [6.45, 7) is 4.33. The minimum Gasteiger partial charge on any atom is -0.377 e. The second-order valence-corrected chi connectivity index (χ2v) is 6.66. The van der Waals surface area contributed by atoms with Crippen molar-refractivity contribution in [2.75, 3.05) is 32.8 Å². The third-order valence-corrected chi connectivity index (χ3v) is 4.84. The second kappa shape index (κ2) is 8.27. The fraction of sp³-hybridized carbons (Fsp3) is 0.579. The van der Waals surface area contributed by atoms with Gasteiger partial charge in [0.05, 0.1) is 24.3 Å². The van der Waals surface area contributed by atoms with Gasteiger partial charge in [-0.1, -0.05) is 18.2 Å². The van der Waals surface area contributed by atoms with Crippen molar-refractivity contribution in [2.24, 2.45) is 0 Å². The van der Waals surface area contributed by atoms with Crippen LogP contribution in [-0.2, 0) is 16.1 Å². The zero-order valence-electron chi connectivity index (χ0n) is 14.1. The molecule has 2 aliphatic heterocycles. The molecule has 1 atom stereocenters. The number of ether oxygens (including phenoxy) is 1. The van der Waals surface area contributed by atoms with Crippen LogP contribution in [0.3, 0.4) is 0 Å². The highest BCUT2D eigenvalue weighted by Gasteiger charge is 2.24. The third kappa shape index (κ3) is 4.34. The van der Waals surface area contributed by atoms with Crippen molar-refractivity contribution in [3.8, 4) is 6.07 Å². The Labute approximate surface area is 143 Å². The summed E-state index contributed by atoms with van der Waals surface area (Å²) < 4.78 is 5.75. The molecule has 5 nitrogen and oxygen atoms in total. The van der Waals surface area contributed by atoms with Crippen molar-refractivity contribution < 1.29 is 9.53 Å². The number of amides is 1. The van der Waals surface area contributed by atoms with Gasteiger partial charge in [-0.3, -0.25) is 9.69 Å². The normalized spacial score (nSPS) is 20.5. The predicted octanol–water partition coefficient (Wildman–Crippen LogP) is 2.16. The lowest BCUT2D eigenvalue weighted by Gasteiger charge is -2.27. The van der Waals surface area contributed by atoms with Crippen LogP contribution in [0.15, 0.2) is 24.3 Å². The maximum absolute atomic E-state index is 12.6. The largest absolute Gasteiger partial charge is 0.377 e. The lowest BCUT2D eigenvalue weighted by atomic mass is 10.1. The van der Waals surface area contributed by atoms with Crippen LogP contribution in [-0.4, -0.2) is 54.6 Å². The van der Waals surface area contributed by atoms with Gasteiger partial charge in [-0.25, -0.2) is 0 Å². The molecule has 0 spiro atoms. The molecule has 0 aromatic heterocycles. The average Bonchev–Trinajstić information content (AvgIpc) is 3.29. The van der Waals surface area contributed by atoms with E-state index in [9.17, 15) is 10.1 Å². The number of carbonyl (C=O) groups is 1. The smallest absolute Gasteiger partial charge is 0.236 e. The van der Waals surface area contributed by atoms with E-state index in [4.69, 9.17) is 4.74 Å². The molecular formula is C19H25N3O2. The zero-order valence-corrected chi connectivity index (χ0v) is 14.1. The highest BCUT2D eigenvalue weighted by Crippen LogP contribution is 2.17. The number of hydrogen-bond acceptors (Lipinski definition) is 4. The van der Waals surface area contributed by atoms with Crippen LogP contribution in [0.25, 0.3) is 0 Å². The van der Waals surface area contributed by atoms with E-state index >= 15 is 0 Å². The van der Waals surface area contributed by atoms with E-state index in [1.807, 2.05) is 29.2 Å². The Morgan fingerprint density at radius 2 is 2.08 bits per heavy atom. The van der Waals surface area contributed by atoms with Crippen LogP contribution in [0, 0.1) is 11.3 Å². The molecule has 128 valence electrons. The van der Waals surface area contributed by atoms with Crippen LogP contribution in [0.4, 0.5) is 0 Å². The van der Waals surface area contributed by atoms with Crippen molar-refractivity contribution in [3.05, 3.63) is 35.4 Å². The highest BCUT2D eigenvalue weighted by molar-refractivity contribution is 5.78. The van der Waals surface area contributed by atoms with Crippen LogP contribution in [0.1, 0.15) is 36.8 Å². The van der Waals surface area contributed by atoms with Crippen LogP contribution < -0.4 is 0 Å². The topological polar surface area (TPSA) is 56.6 Å². The molecule has 0 saturated carbocycles. The van der Waals surface area contributed by atoms with E-state index in [2.05, 4.69) is 11.0 Å². The molecule has 0 unspecified atom stereocenters. The van der Waals surface area contributed by atoms with Crippen LogP contribution in [0.5, 0.6) is 0 Å². The molecule has 2 fully saturated rings. The fourth-order valence-corrected chi connectivity index (χ4v) is 3.53. The number of benzene rings is 1. The summed E-state index contributed by atoms with van der Waals surface area (Å²) in [7, 11) is 0. The second-order valence-electron chi connectivity index (χ2n) is 6.66. The molecule has 1 aromatic carbocycles. The van der Waals surface area contributed by atoms with Crippen molar-refractivity contribution in [3.63, 3.8) is 0 Å². The van der Waals surface area contributed by atoms with Crippen LogP contribution in [0.2, 0.25) is 0 Å². The Hall–Kier alpha value is -1.90. The number of rotatable bonds is 6.